The Kier molecular flexibility index (Phi) is 40.2. The third kappa shape index (κ3) is 28.5. The number of imide groups is 2. The van der Waals surface area contributed by atoms with Crippen LogP contribution in [0.5, 0.6) is 0 Å². The van der Waals surface area contributed by atoms with Gasteiger partial charge in [0.15, 0.2) is 0 Å². The van der Waals surface area contributed by atoms with Crippen molar-refractivity contribution in [2.75, 3.05) is 19.6 Å². The van der Waals surface area contributed by atoms with Gasteiger partial charge >= 0.3 is 0 Å². The predicted molar refractivity (Wildman–Crippen MR) is 351 cm³/mol. The van der Waals surface area contributed by atoms with Crippen molar-refractivity contribution in [2.24, 2.45) is 47.3 Å². The fourth-order valence-electron chi connectivity index (χ4n) is 16.6. The highest BCUT2D eigenvalue weighted by Gasteiger charge is 2.43. The van der Waals surface area contributed by atoms with Gasteiger partial charge in [-0.2, -0.15) is 0 Å². The minimum Gasteiger partial charge on any atom is -0.330 e. The number of nitrogens with zero attached hydrogens (tertiary/aromatic N) is 3. The molecular formula is C75H135N3O5. The smallest absolute Gasteiger partial charge is 0.253 e. The van der Waals surface area contributed by atoms with Gasteiger partial charge in [-0.05, 0) is 112 Å². The van der Waals surface area contributed by atoms with Gasteiger partial charge in [0.25, 0.3) is 17.7 Å². The second kappa shape index (κ2) is 45.7. The number of hydrogen-bond acceptors (Lipinski definition) is 5. The van der Waals surface area contributed by atoms with Crippen molar-refractivity contribution in [3.63, 3.8) is 0 Å². The van der Waals surface area contributed by atoms with Gasteiger partial charge in [-0.1, -0.05) is 285 Å². The molecule has 4 aliphatic rings. The van der Waals surface area contributed by atoms with E-state index >= 15 is 0 Å². The highest BCUT2D eigenvalue weighted by atomic mass is 16.2. The van der Waals surface area contributed by atoms with Crippen molar-refractivity contribution in [2.45, 2.75) is 369 Å². The molecule has 5 amide bonds. The van der Waals surface area contributed by atoms with Gasteiger partial charge in [0.05, 0.1) is 6.42 Å². The molecule has 8 nitrogen and oxygen atoms in total. The van der Waals surface area contributed by atoms with Crippen LogP contribution in [0.1, 0.15) is 363 Å². The summed E-state index contributed by atoms with van der Waals surface area (Å²) in [7, 11) is 0. The molecule has 480 valence electrons. The summed E-state index contributed by atoms with van der Waals surface area (Å²) in [6, 6.07) is -0.627. The number of amides is 5. The minimum atomic E-state index is -0.627. The van der Waals surface area contributed by atoms with Crippen LogP contribution in [0, 0.1) is 47.3 Å². The van der Waals surface area contributed by atoms with E-state index in [-0.39, 0.29) is 36.0 Å². The molecule has 3 fully saturated rings. The van der Waals surface area contributed by atoms with E-state index in [9.17, 15) is 24.0 Å². The SMILES string of the molecule is CCCCCCCCC1C(CCCCCC)CCC(C)C1CCCCCCCCN(C(C)=O)C1CC(=O)N(CCCCCCCCC2C(CCCCCCCCN3C(=O)C=CC3=O)CCC(CCCCCC)C2CCCCCCCC)C1=O. The number of hydrogen-bond donors (Lipinski definition) is 0. The number of carbonyl (C=O) groups excluding carboxylic acids is 5. The first kappa shape index (κ1) is 73.0. The normalized spacial score (nSPS) is 23.9. The number of likely N-dealkylation sites (tertiary alicyclic amines) is 1. The molecule has 0 radical (unpaired) electrons. The summed E-state index contributed by atoms with van der Waals surface area (Å²) in [5.74, 6) is 6.50. The quantitative estimate of drug-likeness (QED) is 0.0447. The van der Waals surface area contributed by atoms with E-state index in [1.807, 2.05) is 0 Å². The molecule has 2 aliphatic carbocycles. The van der Waals surface area contributed by atoms with E-state index in [2.05, 4.69) is 34.6 Å². The maximum atomic E-state index is 13.8. The molecule has 0 aromatic carbocycles. The Labute approximate surface area is 513 Å². The summed E-state index contributed by atoms with van der Waals surface area (Å²) in [5.41, 5.74) is 0. The van der Waals surface area contributed by atoms with Crippen LogP contribution in [0.25, 0.3) is 0 Å². The van der Waals surface area contributed by atoms with Gasteiger partial charge < -0.3 is 4.90 Å². The van der Waals surface area contributed by atoms with Gasteiger partial charge in [0.2, 0.25) is 11.8 Å². The first-order valence-corrected chi connectivity index (χ1v) is 37.2. The van der Waals surface area contributed by atoms with Crippen molar-refractivity contribution in [1.82, 2.24) is 14.7 Å². The Morgan fingerprint density at radius 1 is 0.398 bits per heavy atom. The van der Waals surface area contributed by atoms with Crippen LogP contribution in [0.15, 0.2) is 12.2 Å². The summed E-state index contributed by atoms with van der Waals surface area (Å²) in [6.07, 6.45) is 67.3. The van der Waals surface area contributed by atoms with Crippen molar-refractivity contribution in [1.29, 1.82) is 0 Å². The Bertz CT molecular complexity index is 1730. The summed E-state index contributed by atoms with van der Waals surface area (Å²) >= 11 is 0. The van der Waals surface area contributed by atoms with Crippen LogP contribution in [-0.4, -0.2) is 69.9 Å². The second-order valence-corrected chi connectivity index (χ2v) is 28.1. The topological polar surface area (TPSA) is 95.1 Å². The van der Waals surface area contributed by atoms with E-state index in [4.69, 9.17) is 0 Å². The molecule has 0 aromatic rings. The monoisotopic (exact) mass is 1160 g/mol. The largest absolute Gasteiger partial charge is 0.330 e. The van der Waals surface area contributed by atoms with Crippen molar-refractivity contribution >= 4 is 29.5 Å². The molecule has 4 rings (SSSR count). The van der Waals surface area contributed by atoms with Crippen LogP contribution < -0.4 is 0 Å². The Morgan fingerprint density at radius 2 is 0.711 bits per heavy atom. The number of rotatable bonds is 52. The van der Waals surface area contributed by atoms with Gasteiger partial charge in [0, 0.05) is 38.7 Å². The second-order valence-electron chi connectivity index (χ2n) is 28.1. The van der Waals surface area contributed by atoms with Crippen LogP contribution in [0.3, 0.4) is 0 Å². The Hall–Kier alpha value is -2.51. The van der Waals surface area contributed by atoms with Gasteiger partial charge in [-0.15, -0.1) is 0 Å². The summed E-state index contributed by atoms with van der Waals surface area (Å²) in [6.45, 7) is 15.1. The summed E-state index contributed by atoms with van der Waals surface area (Å²) in [4.78, 5) is 68.6. The van der Waals surface area contributed by atoms with Crippen molar-refractivity contribution < 1.29 is 24.0 Å². The molecule has 0 spiro atoms. The van der Waals surface area contributed by atoms with Crippen LogP contribution >= 0.6 is 0 Å². The third-order valence-corrected chi connectivity index (χ3v) is 21.7. The van der Waals surface area contributed by atoms with E-state index in [1.165, 1.54) is 292 Å². The van der Waals surface area contributed by atoms with E-state index in [0.29, 0.717) is 19.6 Å². The zero-order valence-electron chi connectivity index (χ0n) is 55.7. The molecule has 1 saturated heterocycles. The third-order valence-electron chi connectivity index (χ3n) is 21.7. The Balaban J connectivity index is 1.16. The molecule has 2 heterocycles. The molecule has 8 heteroatoms. The zero-order valence-corrected chi connectivity index (χ0v) is 55.7. The molecule has 0 bridgehead atoms. The lowest BCUT2D eigenvalue weighted by Crippen LogP contribution is -2.45. The maximum Gasteiger partial charge on any atom is 0.253 e. The molecule has 0 N–H and O–H groups in total. The van der Waals surface area contributed by atoms with Crippen LogP contribution in [0.2, 0.25) is 0 Å². The van der Waals surface area contributed by atoms with Gasteiger partial charge in [-0.3, -0.25) is 33.8 Å². The van der Waals surface area contributed by atoms with E-state index in [1.54, 1.807) is 11.8 Å². The van der Waals surface area contributed by atoms with Gasteiger partial charge in [0.1, 0.15) is 6.04 Å². The molecule has 9 atom stereocenters. The van der Waals surface area contributed by atoms with E-state index in [0.717, 1.165) is 92.3 Å². The summed E-state index contributed by atoms with van der Waals surface area (Å²) in [5, 5.41) is 0. The highest BCUT2D eigenvalue weighted by Crippen LogP contribution is 2.49. The standard InChI is InChI=1S/C75H135N3O5/c1-7-11-15-19-28-39-49-68-64(45-35-17-13-9-3)53-52-62(5)67(68)48-38-30-22-25-32-42-58-76(63(6)79)71-61-74(82)78(75(71)83)60-44-34-26-23-31-41-51-70-66(47-37-27-21-24-33-43-59-77-72(80)56-57-73(77)81)55-54-65(46-36-18-14-10-4)69(70)50-40-29-20-16-12-8-2/h56-57,62,64-71H,7-55,58-61H2,1-6H3. The van der Waals surface area contributed by atoms with Crippen molar-refractivity contribution in [3.8, 4) is 0 Å². The molecule has 83 heavy (non-hydrogen) atoms. The summed E-state index contributed by atoms with van der Waals surface area (Å²) < 4.78 is 0. The van der Waals surface area contributed by atoms with Gasteiger partial charge in [-0.25, -0.2) is 0 Å². The lowest BCUT2D eigenvalue weighted by atomic mass is 9.61. The predicted octanol–water partition coefficient (Wildman–Crippen LogP) is 21.1. The molecular weight excluding hydrogens is 1020 g/mol. The van der Waals surface area contributed by atoms with Crippen molar-refractivity contribution in [3.05, 3.63) is 12.2 Å². The number of carbonyl (C=O) groups is 5. The fourth-order valence-corrected chi connectivity index (χ4v) is 16.6. The van der Waals surface area contributed by atoms with Crippen LogP contribution in [-0.2, 0) is 24.0 Å². The minimum absolute atomic E-state index is 0.0794. The molecule has 2 aliphatic heterocycles. The Morgan fingerprint density at radius 3 is 1.12 bits per heavy atom. The number of unbranched alkanes of at least 4 members (excludes halogenated alkanes) is 31. The molecule has 2 saturated carbocycles. The maximum absolute atomic E-state index is 13.8. The highest BCUT2D eigenvalue weighted by molar-refractivity contribution is 6.12. The first-order chi connectivity index (χ1) is 40.6. The molecule has 0 aromatic heterocycles. The van der Waals surface area contributed by atoms with Crippen LogP contribution in [0.4, 0.5) is 0 Å². The molecule has 9 unspecified atom stereocenters. The lowest BCUT2D eigenvalue weighted by molar-refractivity contribution is -0.143. The zero-order chi connectivity index (χ0) is 59.7. The average Bonchev–Trinajstić information content (AvgIpc) is 4.04. The average molecular weight is 1160 g/mol. The first-order valence-electron chi connectivity index (χ1n) is 37.2. The lowest BCUT2D eigenvalue weighted by Gasteiger charge is -2.44. The fraction of sp³-hybridized carbons (Fsp3) is 0.907. The van der Waals surface area contributed by atoms with E-state index < -0.39 is 6.04 Å².